The van der Waals surface area contributed by atoms with E-state index in [1.54, 1.807) is 25.1 Å². The number of benzene rings is 1. The van der Waals surface area contributed by atoms with Crippen LogP contribution in [0.5, 0.6) is 0 Å². The first-order valence-corrected chi connectivity index (χ1v) is 8.07. The van der Waals surface area contributed by atoms with E-state index >= 15 is 0 Å². The Bertz CT molecular complexity index is 737. The molecular formula is C15H17FN2O3S. The van der Waals surface area contributed by atoms with Gasteiger partial charge >= 0.3 is 0 Å². The van der Waals surface area contributed by atoms with Crippen LogP contribution in [-0.2, 0) is 20.4 Å². The van der Waals surface area contributed by atoms with Crippen LogP contribution in [0.3, 0.4) is 0 Å². The summed E-state index contributed by atoms with van der Waals surface area (Å²) in [5, 5.41) is 0. The fraction of sp³-hybridized carbons (Fsp3) is 0.267. The highest BCUT2D eigenvalue weighted by atomic mass is 32.2. The third-order valence-electron chi connectivity index (χ3n) is 3.44. The van der Waals surface area contributed by atoms with Crippen LogP contribution in [-0.4, -0.2) is 27.1 Å². The van der Waals surface area contributed by atoms with Crippen molar-refractivity contribution in [3.8, 4) is 0 Å². The van der Waals surface area contributed by atoms with E-state index < -0.39 is 21.4 Å². The Balaban J connectivity index is 2.23. The molecule has 1 aromatic heterocycles. The minimum absolute atomic E-state index is 0.0435. The molecule has 0 aliphatic heterocycles. The molecule has 0 saturated carbocycles. The van der Waals surface area contributed by atoms with Gasteiger partial charge in [0, 0.05) is 31.6 Å². The topological polar surface area (TPSA) is 68.3 Å². The fourth-order valence-electron chi connectivity index (χ4n) is 1.99. The molecule has 0 aliphatic carbocycles. The Morgan fingerprint density at radius 1 is 1.27 bits per heavy atom. The van der Waals surface area contributed by atoms with Crippen molar-refractivity contribution in [3.63, 3.8) is 0 Å². The quantitative estimate of drug-likeness (QED) is 0.883. The van der Waals surface area contributed by atoms with Crippen LogP contribution in [0.25, 0.3) is 0 Å². The third kappa shape index (κ3) is 3.49. The van der Waals surface area contributed by atoms with E-state index in [1.165, 1.54) is 37.7 Å². The predicted molar refractivity (Wildman–Crippen MR) is 80.2 cm³/mol. The molecule has 1 heterocycles. The molecule has 0 fully saturated rings. The maximum absolute atomic E-state index is 13.9. The van der Waals surface area contributed by atoms with E-state index in [0.29, 0.717) is 0 Å². The maximum atomic E-state index is 13.9. The molecule has 7 heteroatoms. The number of pyridine rings is 1. The molecule has 2 rings (SSSR count). The maximum Gasteiger partial charge on any atom is 0.242 e. The molecule has 1 atom stereocenters. The van der Waals surface area contributed by atoms with Gasteiger partial charge in [-0.25, -0.2) is 17.5 Å². The van der Waals surface area contributed by atoms with Crippen LogP contribution in [0.15, 0.2) is 53.7 Å². The summed E-state index contributed by atoms with van der Waals surface area (Å²) < 4.78 is 46.2. The van der Waals surface area contributed by atoms with Crippen molar-refractivity contribution in [3.05, 3.63) is 60.2 Å². The number of halogens is 1. The fourth-order valence-corrected chi connectivity index (χ4v) is 3.08. The average molecular weight is 324 g/mol. The number of rotatable bonds is 6. The molecule has 0 amide bonds. The van der Waals surface area contributed by atoms with Gasteiger partial charge in [0.2, 0.25) is 10.0 Å². The summed E-state index contributed by atoms with van der Waals surface area (Å²) in [6, 6.07) is 9.07. The largest absolute Gasteiger partial charge is 0.372 e. The number of nitrogens with zero attached hydrogens (tertiary/aromatic N) is 1. The SMILES string of the molecule is COC(C)(CNS(=O)(=O)c1cccnc1)c1ccccc1F. The molecule has 0 bridgehead atoms. The number of hydrogen-bond donors (Lipinski definition) is 1. The number of sulfonamides is 1. The average Bonchev–Trinajstić information content (AvgIpc) is 2.54. The molecule has 2 aromatic rings. The summed E-state index contributed by atoms with van der Waals surface area (Å²) in [7, 11) is -2.33. The minimum Gasteiger partial charge on any atom is -0.372 e. The molecule has 0 spiro atoms. The van der Waals surface area contributed by atoms with Crippen molar-refractivity contribution >= 4 is 10.0 Å². The standard InChI is InChI=1S/C15H17FN2O3S/c1-15(21-2,13-7-3-4-8-14(13)16)11-18-22(19,20)12-6-5-9-17-10-12/h3-10,18H,11H2,1-2H3. The normalized spacial score (nSPS) is 14.5. The summed E-state index contributed by atoms with van der Waals surface area (Å²) in [5.74, 6) is -0.451. The zero-order chi connectivity index (χ0) is 16.2. The Labute approximate surface area is 129 Å². The van der Waals surface area contributed by atoms with E-state index in [0.717, 1.165) is 0 Å². The molecule has 118 valence electrons. The zero-order valence-electron chi connectivity index (χ0n) is 12.3. The van der Waals surface area contributed by atoms with Gasteiger partial charge in [-0.1, -0.05) is 18.2 Å². The van der Waals surface area contributed by atoms with Gasteiger partial charge in [0.1, 0.15) is 16.3 Å². The monoisotopic (exact) mass is 324 g/mol. The van der Waals surface area contributed by atoms with Gasteiger partial charge in [-0.2, -0.15) is 0 Å². The molecular weight excluding hydrogens is 307 g/mol. The van der Waals surface area contributed by atoms with Crippen molar-refractivity contribution in [2.45, 2.75) is 17.4 Å². The first-order valence-electron chi connectivity index (χ1n) is 6.59. The first-order chi connectivity index (χ1) is 10.4. The molecule has 22 heavy (non-hydrogen) atoms. The van der Waals surface area contributed by atoms with Gasteiger partial charge in [0.15, 0.2) is 0 Å². The molecule has 1 N–H and O–H groups in total. The number of hydrogen-bond acceptors (Lipinski definition) is 4. The lowest BCUT2D eigenvalue weighted by molar-refractivity contribution is 0.00410. The van der Waals surface area contributed by atoms with Crippen LogP contribution >= 0.6 is 0 Å². The minimum atomic E-state index is -3.74. The number of methoxy groups -OCH3 is 1. The van der Waals surface area contributed by atoms with Gasteiger partial charge in [-0.05, 0) is 25.1 Å². The van der Waals surface area contributed by atoms with Crippen LogP contribution in [0, 0.1) is 5.82 Å². The van der Waals surface area contributed by atoms with Crippen molar-refractivity contribution in [1.29, 1.82) is 0 Å². The highest BCUT2D eigenvalue weighted by Crippen LogP contribution is 2.26. The molecule has 1 unspecified atom stereocenters. The Morgan fingerprint density at radius 2 is 2.00 bits per heavy atom. The highest BCUT2D eigenvalue weighted by molar-refractivity contribution is 7.89. The van der Waals surface area contributed by atoms with E-state index in [2.05, 4.69) is 9.71 Å². The Hall–Kier alpha value is -1.83. The number of nitrogens with one attached hydrogen (secondary N) is 1. The van der Waals surface area contributed by atoms with Gasteiger partial charge < -0.3 is 4.74 Å². The summed E-state index contributed by atoms with van der Waals surface area (Å²) in [6.45, 7) is 1.51. The third-order valence-corrected chi connectivity index (χ3v) is 4.82. The lowest BCUT2D eigenvalue weighted by Crippen LogP contribution is -2.40. The van der Waals surface area contributed by atoms with Crippen molar-refractivity contribution in [1.82, 2.24) is 9.71 Å². The lowest BCUT2D eigenvalue weighted by Gasteiger charge is -2.29. The molecule has 0 saturated heterocycles. The van der Waals surface area contributed by atoms with E-state index in [9.17, 15) is 12.8 Å². The van der Waals surface area contributed by atoms with E-state index in [-0.39, 0.29) is 17.0 Å². The van der Waals surface area contributed by atoms with Gasteiger partial charge in [0.05, 0.1) is 0 Å². The van der Waals surface area contributed by atoms with Gasteiger partial charge in [-0.15, -0.1) is 0 Å². The molecule has 0 radical (unpaired) electrons. The van der Waals surface area contributed by atoms with Crippen LogP contribution in [0.1, 0.15) is 12.5 Å². The van der Waals surface area contributed by atoms with Gasteiger partial charge in [0.25, 0.3) is 0 Å². The summed E-state index contributed by atoms with van der Waals surface area (Å²) in [4.78, 5) is 3.82. The van der Waals surface area contributed by atoms with E-state index in [4.69, 9.17) is 4.74 Å². The Morgan fingerprint density at radius 3 is 2.59 bits per heavy atom. The van der Waals surface area contributed by atoms with Crippen LogP contribution in [0.4, 0.5) is 4.39 Å². The molecule has 0 aliphatic rings. The number of ether oxygens (including phenoxy) is 1. The summed E-state index contributed by atoms with van der Waals surface area (Å²) >= 11 is 0. The highest BCUT2D eigenvalue weighted by Gasteiger charge is 2.31. The Kier molecular flexibility index (Phi) is 4.90. The summed E-state index contributed by atoms with van der Waals surface area (Å²) in [6.07, 6.45) is 2.73. The number of aromatic nitrogens is 1. The van der Waals surface area contributed by atoms with Crippen molar-refractivity contribution in [2.24, 2.45) is 0 Å². The lowest BCUT2D eigenvalue weighted by atomic mass is 9.95. The van der Waals surface area contributed by atoms with Gasteiger partial charge in [-0.3, -0.25) is 4.98 Å². The van der Waals surface area contributed by atoms with Crippen LogP contribution < -0.4 is 4.72 Å². The summed E-state index contributed by atoms with van der Waals surface area (Å²) in [5.41, 5.74) is -0.841. The second-order valence-electron chi connectivity index (χ2n) is 4.93. The van der Waals surface area contributed by atoms with Crippen molar-refractivity contribution < 1.29 is 17.5 Å². The van der Waals surface area contributed by atoms with Crippen molar-refractivity contribution in [2.75, 3.05) is 13.7 Å². The first kappa shape index (κ1) is 16.5. The smallest absolute Gasteiger partial charge is 0.242 e. The second kappa shape index (κ2) is 6.51. The van der Waals surface area contributed by atoms with E-state index in [1.807, 2.05) is 0 Å². The molecule has 5 nitrogen and oxygen atoms in total. The second-order valence-corrected chi connectivity index (χ2v) is 6.70. The predicted octanol–water partition coefficient (Wildman–Crippen LogP) is 2.06. The molecule has 1 aromatic carbocycles. The zero-order valence-corrected chi connectivity index (χ0v) is 13.1. The van der Waals surface area contributed by atoms with Crippen LogP contribution in [0.2, 0.25) is 0 Å².